The minimum Gasteiger partial charge on any atom is -0.497 e. The molecular formula is C15H23NO3. The van der Waals surface area contributed by atoms with Crippen molar-refractivity contribution in [3.05, 3.63) is 29.8 Å². The summed E-state index contributed by atoms with van der Waals surface area (Å²) in [5.74, 6) is 0.651. The van der Waals surface area contributed by atoms with E-state index in [0.29, 0.717) is 0 Å². The number of hydrogen-bond acceptors (Lipinski definition) is 3. The number of methoxy groups -OCH3 is 1. The zero-order valence-corrected chi connectivity index (χ0v) is 12.3. The van der Waals surface area contributed by atoms with Crippen molar-refractivity contribution in [1.29, 1.82) is 0 Å². The topological polar surface area (TPSA) is 58.6 Å². The first-order valence-corrected chi connectivity index (χ1v) is 6.32. The van der Waals surface area contributed by atoms with E-state index in [1.807, 2.05) is 24.3 Å². The van der Waals surface area contributed by atoms with Gasteiger partial charge in [0.15, 0.2) is 0 Å². The third kappa shape index (κ3) is 4.24. The van der Waals surface area contributed by atoms with Gasteiger partial charge in [0.1, 0.15) is 5.75 Å². The molecule has 1 aromatic rings. The van der Waals surface area contributed by atoms with Crippen LogP contribution in [-0.2, 0) is 11.2 Å². The summed E-state index contributed by atoms with van der Waals surface area (Å²) in [5.41, 5.74) is -0.760. The molecule has 0 spiro atoms. The second kappa shape index (κ2) is 5.61. The molecular weight excluding hydrogens is 242 g/mol. The molecule has 0 saturated heterocycles. The molecule has 0 aliphatic carbocycles. The number of ether oxygens (including phenoxy) is 1. The van der Waals surface area contributed by atoms with E-state index >= 15 is 0 Å². The van der Waals surface area contributed by atoms with E-state index in [-0.39, 0.29) is 12.3 Å². The lowest BCUT2D eigenvalue weighted by atomic mass is 9.86. The van der Waals surface area contributed by atoms with Gasteiger partial charge in [-0.15, -0.1) is 0 Å². The molecule has 0 saturated carbocycles. The van der Waals surface area contributed by atoms with Crippen LogP contribution in [0.15, 0.2) is 24.3 Å². The average Bonchev–Trinajstić information content (AvgIpc) is 2.27. The number of hydrogen-bond donors (Lipinski definition) is 2. The summed E-state index contributed by atoms with van der Waals surface area (Å²) in [6.07, 6.45) is 0.281. The summed E-state index contributed by atoms with van der Waals surface area (Å²) in [6, 6.07) is 7.36. The van der Waals surface area contributed by atoms with Crippen molar-refractivity contribution in [1.82, 2.24) is 5.32 Å². The van der Waals surface area contributed by atoms with Crippen LogP contribution in [-0.4, -0.2) is 29.3 Å². The van der Waals surface area contributed by atoms with Crippen LogP contribution in [0.1, 0.15) is 33.3 Å². The third-order valence-corrected chi connectivity index (χ3v) is 3.51. The van der Waals surface area contributed by atoms with E-state index < -0.39 is 11.1 Å². The number of carbonyl (C=O) groups excluding carboxylic acids is 1. The summed E-state index contributed by atoms with van der Waals surface area (Å²) in [4.78, 5) is 12.0. The summed E-state index contributed by atoms with van der Waals surface area (Å²) in [5, 5.41) is 12.9. The van der Waals surface area contributed by atoms with E-state index in [2.05, 4.69) is 5.32 Å². The zero-order valence-electron chi connectivity index (χ0n) is 12.3. The monoisotopic (exact) mass is 265 g/mol. The molecule has 4 heteroatoms. The van der Waals surface area contributed by atoms with Crippen LogP contribution in [0.25, 0.3) is 0 Å². The van der Waals surface area contributed by atoms with Crippen molar-refractivity contribution in [2.75, 3.05) is 7.11 Å². The molecule has 0 aromatic heterocycles. The fourth-order valence-electron chi connectivity index (χ4n) is 1.47. The Bertz CT molecular complexity index is 430. The van der Waals surface area contributed by atoms with Crippen LogP contribution in [0.3, 0.4) is 0 Å². The number of nitrogens with one attached hydrogen (secondary N) is 1. The fourth-order valence-corrected chi connectivity index (χ4v) is 1.47. The van der Waals surface area contributed by atoms with Crippen molar-refractivity contribution in [2.45, 2.75) is 45.3 Å². The van der Waals surface area contributed by atoms with Crippen LogP contribution in [0.5, 0.6) is 5.75 Å². The highest BCUT2D eigenvalue weighted by Gasteiger charge is 2.36. The molecule has 1 rings (SSSR count). The van der Waals surface area contributed by atoms with E-state index in [1.54, 1.807) is 34.8 Å². The van der Waals surface area contributed by atoms with Crippen LogP contribution in [0, 0.1) is 0 Å². The first-order valence-electron chi connectivity index (χ1n) is 6.32. The summed E-state index contributed by atoms with van der Waals surface area (Å²) in [6.45, 7) is 6.97. The molecule has 2 N–H and O–H groups in total. The van der Waals surface area contributed by atoms with Crippen LogP contribution in [0.4, 0.5) is 0 Å². The molecule has 0 unspecified atom stereocenters. The van der Waals surface area contributed by atoms with Gasteiger partial charge in [0.2, 0.25) is 5.91 Å². The minimum atomic E-state index is -0.984. The number of amides is 1. The Morgan fingerprint density at radius 1 is 1.21 bits per heavy atom. The van der Waals surface area contributed by atoms with Gasteiger partial charge in [-0.3, -0.25) is 4.79 Å². The van der Waals surface area contributed by atoms with Crippen molar-refractivity contribution < 1.29 is 14.6 Å². The van der Waals surface area contributed by atoms with Gasteiger partial charge >= 0.3 is 0 Å². The molecule has 0 fully saturated rings. The van der Waals surface area contributed by atoms with Crippen LogP contribution < -0.4 is 10.1 Å². The number of rotatable bonds is 5. The van der Waals surface area contributed by atoms with Crippen molar-refractivity contribution in [2.24, 2.45) is 0 Å². The van der Waals surface area contributed by atoms with Gasteiger partial charge in [-0.05, 0) is 45.4 Å². The van der Waals surface area contributed by atoms with Gasteiger partial charge in [-0.25, -0.2) is 0 Å². The van der Waals surface area contributed by atoms with Gasteiger partial charge in [-0.2, -0.15) is 0 Å². The lowest BCUT2D eigenvalue weighted by Crippen LogP contribution is -2.58. The van der Waals surface area contributed by atoms with Crippen LogP contribution >= 0.6 is 0 Å². The van der Waals surface area contributed by atoms with E-state index in [4.69, 9.17) is 4.74 Å². The van der Waals surface area contributed by atoms with Crippen molar-refractivity contribution >= 4 is 5.91 Å². The quantitative estimate of drug-likeness (QED) is 0.855. The molecule has 106 valence electrons. The molecule has 1 amide bonds. The number of carbonyl (C=O) groups is 1. The Kier molecular flexibility index (Phi) is 4.58. The molecule has 0 bridgehead atoms. The molecule has 19 heavy (non-hydrogen) atoms. The van der Waals surface area contributed by atoms with Crippen molar-refractivity contribution in [3.8, 4) is 5.75 Å². The summed E-state index contributed by atoms with van der Waals surface area (Å²) < 4.78 is 5.07. The first kappa shape index (κ1) is 15.5. The Morgan fingerprint density at radius 3 is 2.16 bits per heavy atom. The molecule has 0 aliphatic heterocycles. The maximum atomic E-state index is 12.0. The second-order valence-electron chi connectivity index (χ2n) is 5.76. The molecule has 0 heterocycles. The molecule has 0 radical (unpaired) electrons. The summed E-state index contributed by atoms with van der Waals surface area (Å²) >= 11 is 0. The standard InChI is InChI=1S/C15H23NO3/c1-14(2,15(3,4)18)16-13(17)10-11-6-8-12(19-5)9-7-11/h6-9,18H,10H2,1-5H3,(H,16,17). The SMILES string of the molecule is COc1ccc(CC(=O)NC(C)(C)C(C)(C)O)cc1. The molecule has 0 aliphatic rings. The zero-order chi connectivity index (χ0) is 14.7. The fraction of sp³-hybridized carbons (Fsp3) is 0.533. The van der Waals surface area contributed by atoms with Gasteiger partial charge < -0.3 is 15.2 Å². The maximum absolute atomic E-state index is 12.0. The van der Waals surface area contributed by atoms with E-state index in [9.17, 15) is 9.90 Å². The van der Waals surface area contributed by atoms with E-state index in [1.165, 1.54) is 0 Å². The molecule has 0 atom stereocenters. The van der Waals surface area contributed by atoms with E-state index in [0.717, 1.165) is 11.3 Å². The Balaban J connectivity index is 2.65. The van der Waals surface area contributed by atoms with Crippen LogP contribution in [0.2, 0.25) is 0 Å². The predicted molar refractivity (Wildman–Crippen MR) is 75.2 cm³/mol. The molecule has 4 nitrogen and oxygen atoms in total. The molecule has 1 aromatic carbocycles. The second-order valence-corrected chi connectivity index (χ2v) is 5.76. The van der Waals surface area contributed by atoms with Gasteiger partial charge in [-0.1, -0.05) is 12.1 Å². The summed E-state index contributed by atoms with van der Waals surface area (Å²) in [7, 11) is 1.60. The Morgan fingerprint density at radius 2 is 1.74 bits per heavy atom. The number of benzene rings is 1. The van der Waals surface area contributed by atoms with Gasteiger partial charge in [0.05, 0.1) is 24.7 Å². The maximum Gasteiger partial charge on any atom is 0.224 e. The van der Waals surface area contributed by atoms with Gasteiger partial charge in [0, 0.05) is 0 Å². The highest BCUT2D eigenvalue weighted by atomic mass is 16.5. The Labute approximate surface area is 114 Å². The Hall–Kier alpha value is -1.55. The lowest BCUT2D eigenvalue weighted by Gasteiger charge is -2.38. The number of aliphatic hydroxyl groups is 1. The first-order chi connectivity index (χ1) is 8.65. The smallest absolute Gasteiger partial charge is 0.224 e. The normalized spacial score (nSPS) is 12.1. The average molecular weight is 265 g/mol. The highest BCUT2D eigenvalue weighted by molar-refractivity contribution is 5.79. The lowest BCUT2D eigenvalue weighted by molar-refractivity contribution is -0.125. The third-order valence-electron chi connectivity index (χ3n) is 3.51. The minimum absolute atomic E-state index is 0.114. The predicted octanol–water partition coefficient (Wildman–Crippen LogP) is 1.90. The highest BCUT2D eigenvalue weighted by Crippen LogP contribution is 2.20. The largest absolute Gasteiger partial charge is 0.497 e. The van der Waals surface area contributed by atoms with Crippen molar-refractivity contribution in [3.63, 3.8) is 0 Å². The van der Waals surface area contributed by atoms with Gasteiger partial charge in [0.25, 0.3) is 0 Å².